The normalized spacial score (nSPS) is 14.0. The molecule has 0 spiro atoms. The van der Waals surface area contributed by atoms with Crippen LogP contribution < -0.4 is 10.6 Å². The van der Waals surface area contributed by atoms with Crippen LogP contribution in [0.15, 0.2) is 0 Å². The quantitative estimate of drug-likeness (QED) is 0.647. The summed E-state index contributed by atoms with van der Waals surface area (Å²) in [5, 5.41) is 6.03. The first kappa shape index (κ1) is 22.1. The van der Waals surface area contributed by atoms with Crippen LogP contribution in [-0.4, -0.2) is 42.5 Å². The van der Waals surface area contributed by atoms with Crippen molar-refractivity contribution in [1.82, 2.24) is 10.6 Å². The molecule has 0 aromatic rings. The van der Waals surface area contributed by atoms with Crippen LogP contribution in [0.2, 0.25) is 0 Å². The maximum atomic E-state index is 12.1. The summed E-state index contributed by atoms with van der Waals surface area (Å²) in [5.74, 6) is 0.0993. The van der Waals surface area contributed by atoms with E-state index >= 15 is 0 Å². The van der Waals surface area contributed by atoms with E-state index in [0.717, 1.165) is 6.42 Å². The van der Waals surface area contributed by atoms with Crippen molar-refractivity contribution in [2.45, 2.75) is 84.9 Å². The fourth-order valence-electron chi connectivity index (χ4n) is 2.22. The minimum absolute atomic E-state index is 0.0254. The molecule has 0 aliphatic heterocycles. The van der Waals surface area contributed by atoms with Gasteiger partial charge >= 0.3 is 0 Å². The van der Waals surface area contributed by atoms with Crippen LogP contribution in [0.1, 0.15) is 67.7 Å². The zero-order valence-corrected chi connectivity index (χ0v) is 16.2. The molecule has 0 aliphatic carbocycles. The summed E-state index contributed by atoms with van der Waals surface area (Å²) < 4.78 is 5.71. The second kappa shape index (κ2) is 9.38. The minimum atomic E-state index is -0.320. The maximum Gasteiger partial charge on any atom is 0.220 e. The van der Waals surface area contributed by atoms with Gasteiger partial charge in [0.15, 0.2) is 5.78 Å². The van der Waals surface area contributed by atoms with Gasteiger partial charge < -0.3 is 15.4 Å². The number of ether oxygens (including phenoxy) is 1. The van der Waals surface area contributed by atoms with E-state index in [1.807, 2.05) is 48.5 Å². The lowest BCUT2D eigenvalue weighted by Gasteiger charge is -2.29. The summed E-state index contributed by atoms with van der Waals surface area (Å²) >= 11 is 0. The average Bonchev–Trinajstić information content (AvgIpc) is 2.36. The highest BCUT2D eigenvalue weighted by molar-refractivity contribution is 5.86. The molecule has 0 saturated heterocycles. The molecular weight excluding hydrogens is 292 g/mol. The summed E-state index contributed by atoms with van der Waals surface area (Å²) in [6.45, 7) is 14.4. The van der Waals surface area contributed by atoms with Gasteiger partial charge in [-0.2, -0.15) is 0 Å². The summed E-state index contributed by atoms with van der Waals surface area (Å²) in [4.78, 5) is 24.1. The zero-order valence-electron chi connectivity index (χ0n) is 16.2. The third-order valence-electron chi connectivity index (χ3n) is 3.66. The molecule has 0 radical (unpaired) electrons. The maximum absolute atomic E-state index is 12.1. The first-order valence-electron chi connectivity index (χ1n) is 8.54. The van der Waals surface area contributed by atoms with Crippen LogP contribution in [0.25, 0.3) is 0 Å². The second-order valence-corrected chi connectivity index (χ2v) is 8.08. The third kappa shape index (κ3) is 10.4. The predicted octanol–water partition coefficient (Wildman–Crippen LogP) is 2.68. The third-order valence-corrected chi connectivity index (χ3v) is 3.66. The summed E-state index contributed by atoms with van der Waals surface area (Å²) in [6, 6.07) is -0.256. The van der Waals surface area contributed by atoms with Gasteiger partial charge in [-0.15, -0.1) is 0 Å². The Morgan fingerprint density at radius 3 is 2.09 bits per heavy atom. The summed E-state index contributed by atoms with van der Waals surface area (Å²) in [5.41, 5.74) is -0.489. The Bertz CT molecular complexity index is 384. The van der Waals surface area contributed by atoms with Crippen molar-refractivity contribution >= 4 is 11.7 Å². The monoisotopic (exact) mass is 328 g/mol. The summed E-state index contributed by atoms with van der Waals surface area (Å²) in [6.07, 6.45) is 1.61. The van der Waals surface area contributed by atoms with E-state index in [1.165, 1.54) is 0 Å². The van der Waals surface area contributed by atoms with E-state index in [1.54, 1.807) is 7.05 Å². The van der Waals surface area contributed by atoms with E-state index in [2.05, 4.69) is 10.6 Å². The van der Waals surface area contributed by atoms with E-state index < -0.39 is 0 Å². The first-order chi connectivity index (χ1) is 10.4. The highest BCUT2D eigenvalue weighted by Gasteiger charge is 2.24. The lowest BCUT2D eigenvalue weighted by atomic mass is 9.97. The van der Waals surface area contributed by atoms with Gasteiger partial charge in [-0.25, -0.2) is 0 Å². The van der Waals surface area contributed by atoms with Crippen molar-refractivity contribution in [2.75, 3.05) is 13.7 Å². The molecule has 0 rings (SSSR count). The smallest absolute Gasteiger partial charge is 0.220 e. The van der Waals surface area contributed by atoms with E-state index in [9.17, 15) is 9.59 Å². The number of rotatable bonds is 10. The van der Waals surface area contributed by atoms with Gasteiger partial charge in [0, 0.05) is 24.5 Å². The molecular formula is C18H36N2O3. The lowest BCUT2D eigenvalue weighted by molar-refractivity contribution is -0.125. The molecule has 1 amide bonds. The second-order valence-electron chi connectivity index (χ2n) is 8.08. The largest absolute Gasteiger partial charge is 0.376 e. The Kier molecular flexibility index (Phi) is 9.00. The Balaban J connectivity index is 4.28. The average molecular weight is 328 g/mol. The number of hydrogen-bond donors (Lipinski definition) is 2. The molecule has 2 N–H and O–H groups in total. The highest BCUT2D eigenvalue weighted by atomic mass is 16.5. The fourth-order valence-corrected chi connectivity index (χ4v) is 2.22. The van der Waals surface area contributed by atoms with Gasteiger partial charge in [0.2, 0.25) is 5.91 Å². The molecule has 1 unspecified atom stereocenters. The molecule has 0 fully saturated rings. The molecule has 0 bridgehead atoms. The van der Waals surface area contributed by atoms with Crippen molar-refractivity contribution in [2.24, 2.45) is 5.92 Å². The Morgan fingerprint density at radius 1 is 1.09 bits per heavy atom. The van der Waals surface area contributed by atoms with Gasteiger partial charge in [-0.1, -0.05) is 13.8 Å². The topological polar surface area (TPSA) is 67.4 Å². The Morgan fingerprint density at radius 2 is 1.65 bits per heavy atom. The van der Waals surface area contributed by atoms with Gasteiger partial charge in [0.1, 0.15) is 0 Å². The number of carbonyl (C=O) groups is 2. The Hall–Kier alpha value is -0.940. The van der Waals surface area contributed by atoms with Gasteiger partial charge in [0.25, 0.3) is 0 Å². The number of ketones is 1. The van der Waals surface area contributed by atoms with Crippen LogP contribution in [0.3, 0.4) is 0 Å². The molecule has 5 heteroatoms. The molecule has 0 saturated carbocycles. The number of hydrogen-bond acceptors (Lipinski definition) is 4. The van der Waals surface area contributed by atoms with Crippen LogP contribution in [-0.2, 0) is 14.3 Å². The molecule has 0 aromatic heterocycles. The SMILES string of the molecule is CNC(CCC(=O)NC(C)(C)CCOC(C)(C)C)C(=O)C(C)C. The van der Waals surface area contributed by atoms with E-state index in [0.29, 0.717) is 19.4 Å². The van der Waals surface area contributed by atoms with Gasteiger partial charge in [-0.05, 0) is 54.5 Å². The number of amides is 1. The lowest BCUT2D eigenvalue weighted by Crippen LogP contribution is -2.45. The first-order valence-corrected chi connectivity index (χ1v) is 8.54. The van der Waals surface area contributed by atoms with Gasteiger partial charge in [0.05, 0.1) is 11.6 Å². The Labute approximate surface area is 141 Å². The highest BCUT2D eigenvalue weighted by Crippen LogP contribution is 2.14. The van der Waals surface area contributed by atoms with E-state index in [-0.39, 0.29) is 34.8 Å². The molecule has 0 aromatic carbocycles. The number of Topliss-reactive ketones (excluding diaryl/α,β-unsaturated/α-hetero) is 1. The van der Waals surface area contributed by atoms with Crippen molar-refractivity contribution < 1.29 is 14.3 Å². The fraction of sp³-hybridized carbons (Fsp3) is 0.889. The van der Waals surface area contributed by atoms with E-state index in [4.69, 9.17) is 4.74 Å². The molecule has 0 aliphatic rings. The van der Waals surface area contributed by atoms with Crippen molar-refractivity contribution in [3.05, 3.63) is 0 Å². The van der Waals surface area contributed by atoms with Crippen molar-refractivity contribution in [1.29, 1.82) is 0 Å². The molecule has 5 nitrogen and oxygen atoms in total. The number of carbonyl (C=O) groups excluding carboxylic acids is 2. The molecule has 23 heavy (non-hydrogen) atoms. The summed E-state index contributed by atoms with van der Waals surface area (Å²) in [7, 11) is 1.76. The molecule has 136 valence electrons. The van der Waals surface area contributed by atoms with Crippen molar-refractivity contribution in [3.63, 3.8) is 0 Å². The predicted molar refractivity (Wildman–Crippen MR) is 94.5 cm³/mol. The standard InChI is InChI=1S/C18H36N2O3/c1-13(2)16(22)14(19-8)9-10-15(21)20-18(6,7)11-12-23-17(3,4)5/h13-14,19H,9-12H2,1-8H3,(H,20,21). The van der Waals surface area contributed by atoms with Crippen LogP contribution in [0, 0.1) is 5.92 Å². The number of nitrogens with one attached hydrogen (secondary N) is 2. The van der Waals surface area contributed by atoms with Crippen LogP contribution >= 0.6 is 0 Å². The zero-order chi connectivity index (χ0) is 18.3. The van der Waals surface area contributed by atoms with Gasteiger partial charge in [-0.3, -0.25) is 9.59 Å². The minimum Gasteiger partial charge on any atom is -0.376 e. The van der Waals surface area contributed by atoms with Crippen LogP contribution in [0.4, 0.5) is 0 Å². The van der Waals surface area contributed by atoms with Crippen LogP contribution in [0.5, 0.6) is 0 Å². The molecule has 1 atom stereocenters. The van der Waals surface area contributed by atoms with Crippen molar-refractivity contribution in [3.8, 4) is 0 Å². The number of likely N-dealkylation sites (N-methyl/N-ethyl adjacent to an activating group) is 1. The molecule has 0 heterocycles.